The molecule has 0 aliphatic heterocycles. The van der Waals surface area contributed by atoms with Crippen LogP contribution in [0.4, 0.5) is 11.6 Å². The molecular formula is C20H27ClN8O4. The van der Waals surface area contributed by atoms with Crippen LogP contribution in [0.1, 0.15) is 28.9 Å². The third-order valence-corrected chi connectivity index (χ3v) is 4.65. The molecule has 13 heteroatoms. The number of aromatic nitrogens is 2. The summed E-state index contributed by atoms with van der Waals surface area (Å²) in [6.07, 6.45) is 2.42. The van der Waals surface area contributed by atoms with Crippen molar-refractivity contribution in [3.8, 4) is 5.75 Å². The van der Waals surface area contributed by atoms with Crippen molar-refractivity contribution >= 4 is 41.1 Å². The van der Waals surface area contributed by atoms with E-state index in [0.29, 0.717) is 12.3 Å². The monoisotopic (exact) mass is 478 g/mol. The molecule has 0 radical (unpaired) electrons. The van der Waals surface area contributed by atoms with Gasteiger partial charge in [-0.1, -0.05) is 23.7 Å². The predicted octanol–water partition coefficient (Wildman–Crippen LogP) is 0.241. The van der Waals surface area contributed by atoms with E-state index in [9.17, 15) is 9.59 Å². The number of hydrogen-bond acceptors (Lipinski definition) is 10. The van der Waals surface area contributed by atoms with E-state index >= 15 is 0 Å². The second-order valence-corrected chi connectivity index (χ2v) is 7.25. The van der Waals surface area contributed by atoms with Gasteiger partial charge in [0, 0.05) is 6.54 Å². The SMILES string of the molecule is COC(=O)[C@@H](N)COc1ccc(CCCCN=C(N)NC(=O)c2nc(Cl)c(N)nc2N)cc1. The third-order valence-electron chi connectivity index (χ3n) is 4.37. The summed E-state index contributed by atoms with van der Waals surface area (Å²) in [5.74, 6) is -0.901. The van der Waals surface area contributed by atoms with Gasteiger partial charge in [-0.2, -0.15) is 0 Å². The Hall–Kier alpha value is -3.64. The number of nitrogens with two attached hydrogens (primary N) is 4. The summed E-state index contributed by atoms with van der Waals surface area (Å²) >= 11 is 5.76. The van der Waals surface area contributed by atoms with E-state index in [0.717, 1.165) is 24.8 Å². The normalized spacial score (nSPS) is 12.2. The van der Waals surface area contributed by atoms with Gasteiger partial charge in [-0.25, -0.2) is 9.97 Å². The van der Waals surface area contributed by atoms with E-state index in [1.54, 1.807) is 0 Å². The molecule has 2 aromatic rings. The standard InChI is InChI=1S/C20H27ClN8O4/c1-32-19(31)13(22)10-33-12-7-5-11(6-8-12)4-2-3-9-26-20(25)29-18(30)14-16(23)28-17(24)15(21)27-14/h5-8,13H,2-4,9-10,22H2,1H3,(H4,23,24,28)(H3,25,26,29,30)/t13-/m0/s1. The number of hydrogen-bond donors (Lipinski definition) is 5. The van der Waals surface area contributed by atoms with Crippen LogP contribution in [0.15, 0.2) is 29.3 Å². The first kappa shape index (κ1) is 25.6. The molecule has 0 fully saturated rings. The lowest BCUT2D eigenvalue weighted by molar-refractivity contribution is -0.142. The number of nitrogen functional groups attached to an aromatic ring is 2. The zero-order valence-electron chi connectivity index (χ0n) is 18.1. The molecule has 1 aromatic carbocycles. The van der Waals surface area contributed by atoms with Gasteiger partial charge in [0.25, 0.3) is 5.91 Å². The first-order valence-corrected chi connectivity index (χ1v) is 10.3. The van der Waals surface area contributed by atoms with E-state index in [4.69, 9.17) is 39.3 Å². The smallest absolute Gasteiger partial charge is 0.326 e. The van der Waals surface area contributed by atoms with Gasteiger partial charge >= 0.3 is 5.97 Å². The number of guanidine groups is 1. The Morgan fingerprint density at radius 3 is 2.52 bits per heavy atom. The quantitative estimate of drug-likeness (QED) is 0.136. The van der Waals surface area contributed by atoms with Gasteiger partial charge in [0.15, 0.2) is 28.4 Å². The van der Waals surface area contributed by atoms with Gasteiger partial charge in [0.1, 0.15) is 18.4 Å². The van der Waals surface area contributed by atoms with Gasteiger partial charge in [-0.05, 0) is 37.0 Å². The maximum Gasteiger partial charge on any atom is 0.326 e. The Bertz CT molecular complexity index is 1000. The van der Waals surface area contributed by atoms with Crippen molar-refractivity contribution < 1.29 is 19.1 Å². The van der Waals surface area contributed by atoms with Crippen molar-refractivity contribution in [2.24, 2.45) is 16.5 Å². The summed E-state index contributed by atoms with van der Waals surface area (Å²) in [5, 5.41) is 2.25. The van der Waals surface area contributed by atoms with Gasteiger partial charge in [0.05, 0.1) is 7.11 Å². The molecule has 0 spiro atoms. The van der Waals surface area contributed by atoms with Crippen molar-refractivity contribution in [1.82, 2.24) is 15.3 Å². The highest BCUT2D eigenvalue weighted by Crippen LogP contribution is 2.17. The van der Waals surface area contributed by atoms with Crippen molar-refractivity contribution in [2.45, 2.75) is 25.3 Å². The highest BCUT2D eigenvalue weighted by molar-refractivity contribution is 6.31. The summed E-state index contributed by atoms with van der Waals surface area (Å²) in [6, 6.07) is 6.65. The van der Waals surface area contributed by atoms with Crippen LogP contribution in [0.5, 0.6) is 5.75 Å². The fourth-order valence-corrected chi connectivity index (χ4v) is 2.75. The molecule has 0 saturated carbocycles. The first-order chi connectivity index (χ1) is 15.7. The molecule has 0 aliphatic rings. The van der Waals surface area contributed by atoms with Crippen LogP contribution in [0.25, 0.3) is 0 Å². The Labute approximate surface area is 195 Å². The minimum absolute atomic E-state index is 0.0342. The van der Waals surface area contributed by atoms with Crippen LogP contribution in [0.3, 0.4) is 0 Å². The highest BCUT2D eigenvalue weighted by atomic mass is 35.5. The Kier molecular flexibility index (Phi) is 9.63. The molecule has 1 heterocycles. The number of esters is 1. The summed E-state index contributed by atoms with van der Waals surface area (Å²) < 4.78 is 10.0. The van der Waals surface area contributed by atoms with Crippen LogP contribution in [0, 0.1) is 0 Å². The number of methoxy groups -OCH3 is 1. The Morgan fingerprint density at radius 2 is 1.85 bits per heavy atom. The van der Waals surface area contributed by atoms with Crippen LogP contribution in [-0.4, -0.2) is 54.1 Å². The molecular weight excluding hydrogens is 452 g/mol. The number of amides is 1. The topological polar surface area (TPSA) is 207 Å². The lowest BCUT2D eigenvalue weighted by Gasteiger charge is -2.11. The summed E-state index contributed by atoms with van der Waals surface area (Å²) in [4.78, 5) is 35.1. The van der Waals surface area contributed by atoms with Crippen molar-refractivity contribution in [2.75, 3.05) is 31.7 Å². The molecule has 33 heavy (non-hydrogen) atoms. The molecule has 1 aromatic heterocycles. The maximum atomic E-state index is 12.2. The number of nitrogens with one attached hydrogen (secondary N) is 1. The lowest BCUT2D eigenvalue weighted by atomic mass is 10.1. The van der Waals surface area contributed by atoms with Crippen LogP contribution in [0.2, 0.25) is 5.15 Å². The van der Waals surface area contributed by atoms with E-state index in [1.807, 2.05) is 24.3 Å². The number of carbonyl (C=O) groups excluding carboxylic acids is 2. The van der Waals surface area contributed by atoms with Crippen molar-refractivity contribution in [3.05, 3.63) is 40.7 Å². The van der Waals surface area contributed by atoms with E-state index < -0.39 is 17.9 Å². The number of aryl methyl sites for hydroxylation is 1. The molecule has 0 aliphatic carbocycles. The number of unbranched alkanes of at least 4 members (excludes halogenated alkanes) is 1. The van der Waals surface area contributed by atoms with Gasteiger partial charge in [-0.3, -0.25) is 19.9 Å². The zero-order valence-corrected chi connectivity index (χ0v) is 18.8. The van der Waals surface area contributed by atoms with Gasteiger partial charge in [-0.15, -0.1) is 0 Å². The van der Waals surface area contributed by atoms with E-state index in [1.165, 1.54) is 7.11 Å². The molecule has 178 valence electrons. The molecule has 1 amide bonds. The number of benzene rings is 1. The van der Waals surface area contributed by atoms with E-state index in [-0.39, 0.29) is 35.0 Å². The average molecular weight is 479 g/mol. The van der Waals surface area contributed by atoms with Crippen LogP contribution in [-0.2, 0) is 16.0 Å². The molecule has 0 unspecified atom stereocenters. The lowest BCUT2D eigenvalue weighted by Crippen LogP contribution is -2.38. The second kappa shape index (κ2) is 12.4. The number of ether oxygens (including phenoxy) is 2. The minimum Gasteiger partial charge on any atom is -0.491 e. The number of anilines is 2. The van der Waals surface area contributed by atoms with Crippen LogP contribution >= 0.6 is 11.6 Å². The molecule has 12 nitrogen and oxygen atoms in total. The Balaban J connectivity index is 1.72. The number of carbonyl (C=O) groups is 2. The third kappa shape index (κ3) is 8.09. The predicted molar refractivity (Wildman–Crippen MR) is 125 cm³/mol. The van der Waals surface area contributed by atoms with Gasteiger partial charge < -0.3 is 32.4 Å². The fourth-order valence-electron chi connectivity index (χ4n) is 2.62. The van der Waals surface area contributed by atoms with Crippen molar-refractivity contribution in [1.29, 1.82) is 0 Å². The highest BCUT2D eigenvalue weighted by Gasteiger charge is 2.16. The number of halogens is 1. The largest absolute Gasteiger partial charge is 0.491 e. The zero-order chi connectivity index (χ0) is 24.4. The molecule has 9 N–H and O–H groups in total. The first-order valence-electron chi connectivity index (χ1n) is 9.96. The molecule has 0 bridgehead atoms. The minimum atomic E-state index is -0.831. The molecule has 2 rings (SSSR count). The fraction of sp³-hybridized carbons (Fsp3) is 0.350. The van der Waals surface area contributed by atoms with Crippen LogP contribution < -0.4 is 33.0 Å². The van der Waals surface area contributed by atoms with Gasteiger partial charge in [0.2, 0.25) is 0 Å². The second-order valence-electron chi connectivity index (χ2n) is 6.90. The summed E-state index contributed by atoms with van der Waals surface area (Å²) in [6.45, 7) is 0.453. The summed E-state index contributed by atoms with van der Waals surface area (Å²) in [5.41, 5.74) is 23.4. The average Bonchev–Trinajstić information content (AvgIpc) is 2.79. The molecule has 0 saturated heterocycles. The Morgan fingerprint density at radius 1 is 1.15 bits per heavy atom. The number of rotatable bonds is 10. The summed E-state index contributed by atoms with van der Waals surface area (Å²) in [7, 11) is 1.27. The maximum absolute atomic E-state index is 12.2. The molecule has 1 atom stereocenters. The van der Waals surface area contributed by atoms with E-state index in [2.05, 4.69) is 25.0 Å². The number of aliphatic imine (C=N–C) groups is 1. The van der Waals surface area contributed by atoms with Crippen molar-refractivity contribution in [3.63, 3.8) is 0 Å². The number of nitrogens with zero attached hydrogens (tertiary/aromatic N) is 3.